The van der Waals surface area contributed by atoms with E-state index in [-0.39, 0.29) is 29.9 Å². The summed E-state index contributed by atoms with van der Waals surface area (Å²) in [7, 11) is 0. The number of piperidine rings is 1. The Kier molecular flexibility index (Phi) is 4.30. The molecule has 3 atom stereocenters. The van der Waals surface area contributed by atoms with Crippen molar-refractivity contribution < 1.29 is 19.1 Å². The normalized spacial score (nSPS) is 28.7. The minimum absolute atomic E-state index is 0.00298. The van der Waals surface area contributed by atoms with E-state index in [1.165, 1.54) is 12.5 Å². The van der Waals surface area contributed by atoms with Gasteiger partial charge in [-0.25, -0.2) is 4.79 Å². The fourth-order valence-corrected chi connectivity index (χ4v) is 4.32. The maximum atomic E-state index is 12.1. The smallest absolute Gasteiger partial charge is 0.414 e. The van der Waals surface area contributed by atoms with E-state index in [1.807, 2.05) is 29.2 Å². The van der Waals surface area contributed by atoms with Crippen LogP contribution in [-0.2, 0) is 19.7 Å². The first-order chi connectivity index (χ1) is 12.9. The lowest BCUT2D eigenvalue weighted by molar-refractivity contribution is -0.129. The summed E-state index contributed by atoms with van der Waals surface area (Å²) in [5.41, 5.74) is 7.50. The van der Waals surface area contributed by atoms with Gasteiger partial charge in [0.25, 0.3) is 0 Å². The number of carbonyl (C=O) groups excluding carboxylic acids is 3. The van der Waals surface area contributed by atoms with Gasteiger partial charge in [-0.1, -0.05) is 12.1 Å². The van der Waals surface area contributed by atoms with Gasteiger partial charge in [-0.05, 0) is 30.0 Å². The lowest BCUT2D eigenvalue weighted by Gasteiger charge is -2.21. The number of hydrogen-bond acceptors (Lipinski definition) is 5. The minimum atomic E-state index is -0.402. The molecule has 3 N–H and O–H groups in total. The molecule has 3 amide bonds. The second kappa shape index (κ2) is 6.53. The van der Waals surface area contributed by atoms with Crippen LogP contribution in [0.25, 0.3) is 0 Å². The van der Waals surface area contributed by atoms with Gasteiger partial charge in [0.15, 0.2) is 0 Å². The maximum Gasteiger partial charge on any atom is 0.414 e. The van der Waals surface area contributed by atoms with Crippen LogP contribution in [0.2, 0.25) is 0 Å². The van der Waals surface area contributed by atoms with Gasteiger partial charge < -0.3 is 20.7 Å². The fraction of sp³-hybridized carbons (Fsp3) is 0.526. The molecule has 0 radical (unpaired) electrons. The molecule has 2 saturated heterocycles. The number of amides is 3. The summed E-state index contributed by atoms with van der Waals surface area (Å²) < 4.78 is 5.31. The Bertz CT molecular complexity index is 780. The van der Waals surface area contributed by atoms with Crippen LogP contribution in [0.3, 0.4) is 0 Å². The topological polar surface area (TPSA) is 105 Å². The zero-order valence-corrected chi connectivity index (χ0v) is 15.3. The highest BCUT2D eigenvalue weighted by Gasteiger charge is 2.61. The van der Waals surface area contributed by atoms with E-state index < -0.39 is 6.09 Å². The number of cyclic esters (lactones) is 1. The number of anilines is 1. The third-order valence-corrected chi connectivity index (χ3v) is 5.88. The molecule has 1 aliphatic carbocycles. The van der Waals surface area contributed by atoms with Crippen molar-refractivity contribution in [3.63, 3.8) is 0 Å². The SMILES string of the molecule is CC(=O)NC[C@H]1CN(c2ccc(C34CC3CN(C(=O)CN)C4)cc2)C(=O)O1. The molecular formula is C19H24N4O4. The fourth-order valence-electron chi connectivity index (χ4n) is 4.32. The Morgan fingerprint density at radius 1 is 1.30 bits per heavy atom. The molecule has 3 aliphatic rings. The van der Waals surface area contributed by atoms with Gasteiger partial charge in [-0.3, -0.25) is 14.5 Å². The summed E-state index contributed by atoms with van der Waals surface area (Å²) >= 11 is 0. The van der Waals surface area contributed by atoms with Gasteiger partial charge in [0.1, 0.15) is 6.10 Å². The lowest BCUT2D eigenvalue weighted by Crippen LogP contribution is -2.37. The van der Waals surface area contributed by atoms with Crippen molar-refractivity contribution in [2.24, 2.45) is 11.7 Å². The summed E-state index contributed by atoms with van der Waals surface area (Å²) in [4.78, 5) is 38.4. The minimum Gasteiger partial charge on any atom is -0.442 e. The van der Waals surface area contributed by atoms with Crippen LogP contribution >= 0.6 is 0 Å². The van der Waals surface area contributed by atoms with Gasteiger partial charge in [-0.15, -0.1) is 0 Å². The molecule has 4 rings (SSSR count). The average Bonchev–Trinajstić information content (AvgIpc) is 3.03. The van der Waals surface area contributed by atoms with E-state index in [1.54, 1.807) is 4.90 Å². The van der Waals surface area contributed by atoms with Crippen molar-refractivity contribution in [1.29, 1.82) is 0 Å². The number of nitrogens with two attached hydrogens (primary N) is 1. The van der Waals surface area contributed by atoms with Crippen molar-refractivity contribution in [2.45, 2.75) is 24.9 Å². The summed E-state index contributed by atoms with van der Waals surface area (Å²) in [5, 5.41) is 2.67. The molecule has 1 saturated carbocycles. The molecule has 2 aliphatic heterocycles. The maximum absolute atomic E-state index is 12.1. The molecule has 0 bridgehead atoms. The van der Waals surface area contributed by atoms with E-state index >= 15 is 0 Å². The first kappa shape index (κ1) is 17.8. The first-order valence-corrected chi connectivity index (χ1v) is 9.24. The van der Waals surface area contributed by atoms with Crippen LogP contribution in [0.5, 0.6) is 0 Å². The lowest BCUT2D eigenvalue weighted by atomic mass is 9.94. The second-order valence-electron chi connectivity index (χ2n) is 7.64. The third kappa shape index (κ3) is 3.14. The number of nitrogens with zero attached hydrogens (tertiary/aromatic N) is 2. The highest BCUT2D eigenvalue weighted by Crippen LogP contribution is 2.59. The zero-order valence-electron chi connectivity index (χ0n) is 15.3. The number of ether oxygens (including phenoxy) is 1. The summed E-state index contributed by atoms with van der Waals surface area (Å²) in [6.07, 6.45) is 0.338. The van der Waals surface area contributed by atoms with Crippen LogP contribution in [0.1, 0.15) is 18.9 Å². The van der Waals surface area contributed by atoms with Gasteiger partial charge in [0.05, 0.1) is 19.6 Å². The zero-order chi connectivity index (χ0) is 19.2. The molecular weight excluding hydrogens is 348 g/mol. The third-order valence-electron chi connectivity index (χ3n) is 5.88. The van der Waals surface area contributed by atoms with Crippen molar-refractivity contribution in [2.75, 3.05) is 37.6 Å². The van der Waals surface area contributed by atoms with Gasteiger partial charge in [-0.2, -0.15) is 0 Å². The van der Waals surface area contributed by atoms with Crippen molar-refractivity contribution >= 4 is 23.6 Å². The molecule has 8 nitrogen and oxygen atoms in total. The van der Waals surface area contributed by atoms with E-state index in [4.69, 9.17) is 10.5 Å². The molecule has 27 heavy (non-hydrogen) atoms. The Hall–Kier alpha value is -2.61. The number of rotatable bonds is 5. The van der Waals surface area contributed by atoms with Crippen LogP contribution in [0.4, 0.5) is 10.5 Å². The molecule has 2 unspecified atom stereocenters. The van der Waals surface area contributed by atoms with Crippen molar-refractivity contribution in [3.05, 3.63) is 29.8 Å². The molecule has 1 aromatic rings. The molecule has 144 valence electrons. The molecule has 3 fully saturated rings. The van der Waals surface area contributed by atoms with Crippen molar-refractivity contribution in [3.8, 4) is 0 Å². The van der Waals surface area contributed by atoms with E-state index in [0.29, 0.717) is 19.0 Å². The number of carbonyl (C=O) groups is 3. The summed E-state index contributed by atoms with van der Waals surface area (Å²) in [6.45, 7) is 3.71. The van der Waals surface area contributed by atoms with E-state index in [9.17, 15) is 14.4 Å². The average molecular weight is 372 g/mol. The predicted octanol–water partition coefficient (Wildman–Crippen LogP) is 0.207. The number of benzene rings is 1. The number of hydrogen-bond donors (Lipinski definition) is 2. The Morgan fingerprint density at radius 3 is 2.70 bits per heavy atom. The number of nitrogens with one attached hydrogen (secondary N) is 1. The molecule has 0 spiro atoms. The molecule has 2 heterocycles. The Balaban J connectivity index is 1.42. The Morgan fingerprint density at radius 2 is 2.04 bits per heavy atom. The molecule has 8 heteroatoms. The number of fused-ring (bicyclic) bond motifs is 1. The standard InChI is InChI=1S/C19H24N4O4/c1-12(24)21-8-16-10-23(18(26)27-16)15-4-2-13(3-5-15)19-6-14(19)9-22(11-19)17(25)7-20/h2-5,14,16H,6-11,20H2,1H3,(H,21,24)/t14?,16-,19?/m0/s1. The first-order valence-electron chi connectivity index (χ1n) is 9.24. The van der Waals surface area contributed by atoms with Crippen LogP contribution < -0.4 is 16.0 Å². The monoisotopic (exact) mass is 372 g/mol. The predicted molar refractivity (Wildman–Crippen MR) is 98.2 cm³/mol. The second-order valence-corrected chi connectivity index (χ2v) is 7.64. The molecule has 1 aromatic carbocycles. The Labute approximate surface area is 157 Å². The van der Waals surface area contributed by atoms with Crippen LogP contribution in [0, 0.1) is 5.92 Å². The summed E-state index contributed by atoms with van der Waals surface area (Å²) in [5.74, 6) is 0.353. The van der Waals surface area contributed by atoms with E-state index in [0.717, 1.165) is 25.2 Å². The highest BCUT2D eigenvalue weighted by atomic mass is 16.6. The van der Waals surface area contributed by atoms with Gasteiger partial charge in [0.2, 0.25) is 11.8 Å². The van der Waals surface area contributed by atoms with Crippen LogP contribution in [-0.4, -0.2) is 61.6 Å². The van der Waals surface area contributed by atoms with Crippen molar-refractivity contribution in [1.82, 2.24) is 10.2 Å². The summed E-state index contributed by atoms with van der Waals surface area (Å²) in [6, 6.07) is 7.93. The molecule has 0 aromatic heterocycles. The largest absolute Gasteiger partial charge is 0.442 e. The van der Waals surface area contributed by atoms with E-state index in [2.05, 4.69) is 5.32 Å². The number of likely N-dealkylation sites (tertiary alicyclic amines) is 1. The quantitative estimate of drug-likeness (QED) is 0.769. The van der Waals surface area contributed by atoms with Crippen LogP contribution in [0.15, 0.2) is 24.3 Å². The van der Waals surface area contributed by atoms with Gasteiger partial charge in [0, 0.05) is 31.1 Å². The highest BCUT2D eigenvalue weighted by molar-refractivity contribution is 5.90. The van der Waals surface area contributed by atoms with Gasteiger partial charge >= 0.3 is 6.09 Å².